The number of thiocarbonyl (C=S) groups is 1. The Morgan fingerprint density at radius 3 is 2.76 bits per heavy atom. The molecule has 2 aliphatic rings. The van der Waals surface area contributed by atoms with Crippen LogP contribution >= 0.6 is 23.6 Å². The van der Waals surface area contributed by atoms with Gasteiger partial charge in [0.15, 0.2) is 5.06 Å². The topological polar surface area (TPSA) is 42.9 Å². The second-order valence-electron chi connectivity index (χ2n) is 5.71. The Hall–Kier alpha value is -1.90. The summed E-state index contributed by atoms with van der Waals surface area (Å²) in [6.45, 7) is 2.96. The first-order chi connectivity index (χ1) is 12.1. The zero-order valence-electron chi connectivity index (χ0n) is 13.3. The molecule has 25 heavy (non-hydrogen) atoms. The summed E-state index contributed by atoms with van der Waals surface area (Å²) in [4.78, 5) is 5.02. The predicted molar refractivity (Wildman–Crippen MR) is 97.1 cm³/mol. The van der Waals surface area contributed by atoms with Crippen molar-refractivity contribution < 1.29 is 18.3 Å². The minimum atomic E-state index is -0.667. The van der Waals surface area contributed by atoms with Crippen molar-refractivity contribution in [2.75, 3.05) is 18.5 Å². The third-order valence-corrected chi connectivity index (χ3v) is 5.56. The number of ether oxygens (including phenoxy) is 2. The second kappa shape index (κ2) is 6.44. The lowest BCUT2D eigenvalue weighted by molar-refractivity contribution is 0.107. The van der Waals surface area contributed by atoms with E-state index < -0.39 is 17.7 Å². The average Bonchev–Trinajstić information content (AvgIpc) is 2.70. The molecule has 0 bridgehead atoms. The minimum Gasteiger partial charge on any atom is -0.481 e. The fourth-order valence-electron chi connectivity index (χ4n) is 2.84. The Kier molecular flexibility index (Phi) is 4.26. The summed E-state index contributed by atoms with van der Waals surface area (Å²) in [5, 5.41) is 4.48. The highest BCUT2D eigenvalue weighted by Gasteiger charge is 2.32. The number of nitrogens with one attached hydrogen (secondary N) is 1. The van der Waals surface area contributed by atoms with Crippen LogP contribution in [0.5, 0.6) is 5.06 Å². The molecule has 1 aromatic carbocycles. The van der Waals surface area contributed by atoms with Gasteiger partial charge in [-0.25, -0.2) is 8.78 Å². The highest BCUT2D eigenvalue weighted by atomic mass is 32.1. The molecule has 2 aromatic rings. The summed E-state index contributed by atoms with van der Waals surface area (Å²) in [6, 6.07) is 3.37. The molecule has 3 heterocycles. The predicted octanol–water partition coefficient (Wildman–Crippen LogP) is 3.91. The molecular formula is C17H14F2N2O2S2. The van der Waals surface area contributed by atoms with E-state index in [4.69, 9.17) is 21.7 Å². The van der Waals surface area contributed by atoms with Crippen LogP contribution in [0.4, 0.5) is 13.8 Å². The molecule has 0 saturated heterocycles. The van der Waals surface area contributed by atoms with Gasteiger partial charge in [-0.3, -0.25) is 4.99 Å². The maximum Gasteiger partial charge on any atom is 0.182 e. The number of benzene rings is 1. The van der Waals surface area contributed by atoms with Gasteiger partial charge in [0.25, 0.3) is 0 Å². The first-order valence-corrected chi connectivity index (χ1v) is 8.98. The zero-order chi connectivity index (χ0) is 17.6. The number of nitrogens with zero attached hydrogens (tertiary/aromatic N) is 1. The Morgan fingerprint density at radius 2 is 2.00 bits per heavy atom. The van der Waals surface area contributed by atoms with Gasteiger partial charge in [0.2, 0.25) is 0 Å². The van der Waals surface area contributed by atoms with Crippen molar-refractivity contribution in [3.63, 3.8) is 0 Å². The van der Waals surface area contributed by atoms with Crippen molar-refractivity contribution in [1.29, 1.82) is 0 Å². The lowest BCUT2D eigenvalue weighted by atomic mass is 9.99. The summed E-state index contributed by atoms with van der Waals surface area (Å²) < 4.78 is 40.2. The molecule has 0 spiro atoms. The molecule has 0 radical (unpaired) electrons. The summed E-state index contributed by atoms with van der Waals surface area (Å²) in [6.07, 6.45) is 0. The molecule has 1 N–H and O–H groups in total. The van der Waals surface area contributed by atoms with Crippen LogP contribution in [0, 0.1) is 11.6 Å². The zero-order valence-corrected chi connectivity index (χ0v) is 14.9. The summed E-state index contributed by atoms with van der Waals surface area (Å²) in [5.74, 6) is -1.33. The molecule has 1 atom stereocenters. The van der Waals surface area contributed by atoms with E-state index in [0.717, 1.165) is 5.56 Å². The van der Waals surface area contributed by atoms with E-state index in [1.165, 1.54) is 29.5 Å². The number of thiophene rings is 1. The van der Waals surface area contributed by atoms with Gasteiger partial charge in [-0.05, 0) is 19.1 Å². The summed E-state index contributed by atoms with van der Waals surface area (Å²) in [7, 11) is 0. The van der Waals surface area contributed by atoms with E-state index >= 15 is 0 Å². The average molecular weight is 380 g/mol. The Balaban J connectivity index is 1.99. The first kappa shape index (κ1) is 16.6. The van der Waals surface area contributed by atoms with E-state index in [-0.39, 0.29) is 11.3 Å². The minimum absolute atomic E-state index is 0.160. The monoisotopic (exact) mass is 380 g/mol. The van der Waals surface area contributed by atoms with E-state index in [9.17, 15) is 8.78 Å². The van der Waals surface area contributed by atoms with Crippen LogP contribution in [0.25, 0.3) is 0 Å². The molecule has 0 fully saturated rings. The normalized spacial score (nSPS) is 19.7. The van der Waals surface area contributed by atoms with Crippen LogP contribution in [0.3, 0.4) is 0 Å². The molecule has 0 saturated carbocycles. The van der Waals surface area contributed by atoms with Crippen molar-refractivity contribution in [2.45, 2.75) is 19.6 Å². The van der Waals surface area contributed by atoms with Crippen molar-refractivity contribution in [3.05, 3.63) is 46.5 Å². The molecule has 0 unspecified atom stereocenters. The van der Waals surface area contributed by atoms with Crippen LogP contribution in [-0.4, -0.2) is 30.0 Å². The summed E-state index contributed by atoms with van der Waals surface area (Å²) >= 11 is 6.71. The maximum absolute atomic E-state index is 14.5. The highest BCUT2D eigenvalue weighted by molar-refractivity contribution is 7.80. The Morgan fingerprint density at radius 1 is 1.24 bits per heavy atom. The molecule has 1 aromatic heterocycles. The first-order valence-electron chi connectivity index (χ1n) is 7.76. The number of hydrogen-bond acceptors (Lipinski definition) is 5. The Bertz CT molecular complexity index is 875. The third kappa shape index (κ3) is 2.84. The fourth-order valence-corrected chi connectivity index (χ4v) is 4.16. The lowest BCUT2D eigenvalue weighted by Gasteiger charge is -2.11. The smallest absolute Gasteiger partial charge is 0.182 e. The van der Waals surface area contributed by atoms with Gasteiger partial charge in [-0.2, -0.15) is 0 Å². The van der Waals surface area contributed by atoms with E-state index in [1.54, 1.807) is 6.92 Å². The third-order valence-electron chi connectivity index (χ3n) is 4.05. The van der Waals surface area contributed by atoms with Crippen molar-refractivity contribution in [1.82, 2.24) is 0 Å². The van der Waals surface area contributed by atoms with E-state index in [1.807, 2.05) is 0 Å². The number of rotatable bonds is 1. The van der Waals surface area contributed by atoms with Crippen molar-refractivity contribution in [2.24, 2.45) is 4.99 Å². The van der Waals surface area contributed by atoms with Gasteiger partial charge >= 0.3 is 0 Å². The van der Waals surface area contributed by atoms with Crippen LogP contribution in [-0.2, 0) is 11.3 Å². The van der Waals surface area contributed by atoms with Gasteiger partial charge in [-0.1, -0.05) is 29.6 Å². The number of halogens is 2. The molecule has 4 rings (SSSR count). The number of fused-ring (bicyclic) bond motifs is 3. The van der Waals surface area contributed by atoms with Gasteiger partial charge in [0.05, 0.1) is 30.5 Å². The summed E-state index contributed by atoms with van der Waals surface area (Å²) in [5.41, 5.74) is 1.41. The van der Waals surface area contributed by atoms with E-state index in [0.29, 0.717) is 40.4 Å². The Labute approximate surface area is 152 Å². The second-order valence-corrected chi connectivity index (χ2v) is 7.14. The quantitative estimate of drug-likeness (QED) is 0.762. The number of aliphatic imine (C=N–C) groups is 1. The lowest BCUT2D eigenvalue weighted by Crippen LogP contribution is -2.20. The van der Waals surface area contributed by atoms with Crippen LogP contribution < -0.4 is 10.1 Å². The molecule has 8 heteroatoms. The molecule has 130 valence electrons. The largest absolute Gasteiger partial charge is 0.481 e. The molecule has 2 aliphatic heterocycles. The van der Waals surface area contributed by atoms with Crippen molar-refractivity contribution >= 4 is 39.3 Å². The molecule has 0 amide bonds. The molecule has 0 aliphatic carbocycles. The van der Waals surface area contributed by atoms with E-state index in [2.05, 4.69) is 10.3 Å². The standard InChI is InChI=1S/C17H14F2N2O2S2/c1-8-15(24)21-16-12(9-7-22-5-6-23-17(9)25-16)14(20-8)13-10(18)3-2-4-11(13)19/h2-4,8H,5-7H2,1H3,(H,21,24)/t8-/m0/s1. The molecular weight excluding hydrogens is 366 g/mol. The van der Waals surface area contributed by atoms with Gasteiger partial charge in [0.1, 0.15) is 28.2 Å². The fraction of sp³-hybridized carbons (Fsp3) is 0.294. The SMILES string of the molecule is C[C@@H]1N=C(c2c(F)cccc2F)c2c(sc3c2COCCO3)NC1=S. The highest BCUT2D eigenvalue weighted by Crippen LogP contribution is 2.44. The maximum atomic E-state index is 14.5. The van der Waals surface area contributed by atoms with Gasteiger partial charge < -0.3 is 14.8 Å². The van der Waals surface area contributed by atoms with Gasteiger partial charge in [-0.15, -0.1) is 0 Å². The van der Waals surface area contributed by atoms with Crippen LogP contribution in [0.1, 0.15) is 23.6 Å². The van der Waals surface area contributed by atoms with Gasteiger partial charge in [0, 0.05) is 11.1 Å². The van der Waals surface area contributed by atoms with Crippen LogP contribution in [0.2, 0.25) is 0 Å². The van der Waals surface area contributed by atoms with Crippen molar-refractivity contribution in [3.8, 4) is 5.06 Å². The number of hydrogen-bond donors (Lipinski definition) is 1. The van der Waals surface area contributed by atoms with Crippen LogP contribution in [0.15, 0.2) is 23.2 Å². The molecule has 4 nitrogen and oxygen atoms in total. The number of anilines is 1.